The second-order valence-corrected chi connectivity index (χ2v) is 5.31. The van der Waals surface area contributed by atoms with Gasteiger partial charge in [-0.05, 0) is 23.6 Å². The summed E-state index contributed by atoms with van der Waals surface area (Å²) in [6.07, 6.45) is 0.925. The number of nitrogens with zero attached hydrogens (tertiary/aromatic N) is 1. The van der Waals surface area contributed by atoms with Crippen molar-refractivity contribution in [3.63, 3.8) is 0 Å². The molecule has 0 aliphatic carbocycles. The van der Waals surface area contributed by atoms with Crippen LogP contribution in [-0.4, -0.2) is 24.2 Å². The lowest BCUT2D eigenvalue weighted by Gasteiger charge is -2.24. The predicted octanol–water partition coefficient (Wildman–Crippen LogP) is 1.87. The van der Waals surface area contributed by atoms with E-state index in [0.29, 0.717) is 0 Å². The van der Waals surface area contributed by atoms with Gasteiger partial charge in [0, 0.05) is 24.6 Å². The van der Waals surface area contributed by atoms with Crippen LogP contribution in [0.25, 0.3) is 0 Å². The van der Waals surface area contributed by atoms with Gasteiger partial charge in [0.15, 0.2) is 0 Å². The summed E-state index contributed by atoms with van der Waals surface area (Å²) in [6.45, 7) is 6.47. The van der Waals surface area contributed by atoms with E-state index in [1.807, 2.05) is 24.8 Å². The number of amides is 1. The van der Waals surface area contributed by atoms with Gasteiger partial charge >= 0.3 is 0 Å². The number of rotatable bonds is 2. The summed E-state index contributed by atoms with van der Waals surface area (Å²) in [5, 5.41) is 9.39. The normalized spacial score (nSPS) is 14.9. The summed E-state index contributed by atoms with van der Waals surface area (Å²) in [5.41, 5.74) is 3.04. The van der Waals surface area contributed by atoms with Crippen LogP contribution in [0.15, 0.2) is 18.2 Å². The maximum Gasteiger partial charge on any atom is 0.223 e. The number of carbonyl (C=O) groups excluding carboxylic acids is 1. The fourth-order valence-electron chi connectivity index (χ4n) is 2.22. The Bertz CT molecular complexity index is 452. The maximum atomic E-state index is 11.5. The Balaban J connectivity index is 2.43. The first-order valence-corrected chi connectivity index (χ1v) is 5.98. The minimum absolute atomic E-state index is 0.0858. The number of benzene rings is 1. The van der Waals surface area contributed by atoms with Crippen molar-refractivity contribution in [2.24, 2.45) is 0 Å². The smallest absolute Gasteiger partial charge is 0.223 e. The van der Waals surface area contributed by atoms with Crippen LogP contribution in [-0.2, 0) is 16.6 Å². The van der Waals surface area contributed by atoms with Crippen molar-refractivity contribution in [2.45, 2.75) is 32.6 Å². The lowest BCUT2D eigenvalue weighted by Crippen LogP contribution is -2.27. The minimum atomic E-state index is -0.264. The molecule has 3 heteroatoms. The lowest BCUT2D eigenvalue weighted by atomic mass is 9.85. The standard InChI is InChI=1S/C14H19NO2/c1-10(17)15-7-6-11-4-5-12(8-13(11)15)14(2,3)9-16/h4-5,8,16H,6-7,9H2,1-3H3. The SMILES string of the molecule is CC(=O)N1CCc2ccc(C(C)(C)CO)cc21. The molecule has 2 rings (SSSR count). The molecular formula is C14H19NO2. The first kappa shape index (κ1) is 12.1. The van der Waals surface area contributed by atoms with E-state index >= 15 is 0 Å². The largest absolute Gasteiger partial charge is 0.395 e. The van der Waals surface area contributed by atoms with Gasteiger partial charge in [0.25, 0.3) is 0 Å². The monoisotopic (exact) mass is 233 g/mol. The van der Waals surface area contributed by atoms with Gasteiger partial charge in [-0.25, -0.2) is 0 Å². The molecule has 0 atom stereocenters. The molecule has 1 aromatic carbocycles. The van der Waals surface area contributed by atoms with E-state index in [-0.39, 0.29) is 17.9 Å². The van der Waals surface area contributed by atoms with E-state index in [1.165, 1.54) is 5.56 Å². The fraction of sp³-hybridized carbons (Fsp3) is 0.500. The predicted molar refractivity (Wildman–Crippen MR) is 68.3 cm³/mol. The fourth-order valence-corrected chi connectivity index (χ4v) is 2.22. The van der Waals surface area contributed by atoms with Crippen LogP contribution in [0.4, 0.5) is 5.69 Å². The quantitative estimate of drug-likeness (QED) is 0.847. The lowest BCUT2D eigenvalue weighted by molar-refractivity contribution is -0.116. The topological polar surface area (TPSA) is 40.5 Å². The molecule has 92 valence electrons. The summed E-state index contributed by atoms with van der Waals surface area (Å²) in [7, 11) is 0. The van der Waals surface area contributed by atoms with Gasteiger partial charge in [-0.2, -0.15) is 0 Å². The Morgan fingerprint density at radius 1 is 1.47 bits per heavy atom. The molecule has 0 spiro atoms. The first-order chi connectivity index (χ1) is 7.95. The zero-order valence-corrected chi connectivity index (χ0v) is 10.7. The molecule has 1 aromatic rings. The molecule has 1 heterocycles. The Kier molecular flexibility index (Phi) is 2.96. The average molecular weight is 233 g/mol. The Hall–Kier alpha value is -1.35. The first-order valence-electron chi connectivity index (χ1n) is 5.98. The van der Waals surface area contributed by atoms with Crippen LogP contribution in [0.3, 0.4) is 0 Å². The third kappa shape index (κ3) is 2.07. The van der Waals surface area contributed by atoms with Crippen molar-refractivity contribution < 1.29 is 9.90 Å². The van der Waals surface area contributed by atoms with Crippen LogP contribution in [0.5, 0.6) is 0 Å². The molecule has 0 unspecified atom stereocenters. The zero-order chi connectivity index (χ0) is 12.6. The number of aliphatic hydroxyl groups is 1. The number of aliphatic hydroxyl groups excluding tert-OH is 1. The van der Waals surface area contributed by atoms with Crippen LogP contribution >= 0.6 is 0 Å². The van der Waals surface area contributed by atoms with E-state index in [4.69, 9.17) is 0 Å². The van der Waals surface area contributed by atoms with E-state index < -0.39 is 0 Å². The highest BCUT2D eigenvalue weighted by atomic mass is 16.3. The molecule has 1 aliphatic heterocycles. The van der Waals surface area contributed by atoms with Crippen LogP contribution < -0.4 is 4.90 Å². The number of hydrogen-bond donors (Lipinski definition) is 1. The Labute approximate surface area is 102 Å². The highest BCUT2D eigenvalue weighted by Gasteiger charge is 2.26. The summed E-state index contributed by atoms with van der Waals surface area (Å²) < 4.78 is 0. The van der Waals surface area contributed by atoms with E-state index in [1.54, 1.807) is 6.92 Å². The highest BCUT2D eigenvalue weighted by Crippen LogP contribution is 2.33. The number of carbonyl (C=O) groups is 1. The van der Waals surface area contributed by atoms with Gasteiger partial charge in [0.1, 0.15) is 0 Å². The van der Waals surface area contributed by atoms with Gasteiger partial charge < -0.3 is 10.0 Å². The highest BCUT2D eigenvalue weighted by molar-refractivity contribution is 5.93. The summed E-state index contributed by atoms with van der Waals surface area (Å²) >= 11 is 0. The summed E-state index contributed by atoms with van der Waals surface area (Å²) in [6, 6.07) is 6.17. The molecule has 3 nitrogen and oxygen atoms in total. The van der Waals surface area contributed by atoms with Gasteiger partial charge in [-0.3, -0.25) is 4.79 Å². The van der Waals surface area contributed by atoms with Gasteiger partial charge in [0.2, 0.25) is 5.91 Å². The molecule has 0 radical (unpaired) electrons. The number of fused-ring (bicyclic) bond motifs is 1. The maximum absolute atomic E-state index is 11.5. The average Bonchev–Trinajstić information content (AvgIpc) is 2.71. The van der Waals surface area contributed by atoms with Crippen molar-refractivity contribution in [3.05, 3.63) is 29.3 Å². The molecule has 1 N–H and O–H groups in total. The van der Waals surface area contributed by atoms with E-state index in [2.05, 4.69) is 12.1 Å². The molecule has 0 bridgehead atoms. The minimum Gasteiger partial charge on any atom is -0.395 e. The molecule has 1 aliphatic rings. The number of hydrogen-bond acceptors (Lipinski definition) is 2. The zero-order valence-electron chi connectivity index (χ0n) is 10.7. The second-order valence-electron chi connectivity index (χ2n) is 5.31. The van der Waals surface area contributed by atoms with Gasteiger partial charge in [-0.15, -0.1) is 0 Å². The molecule has 0 fully saturated rings. The van der Waals surface area contributed by atoms with Crippen molar-refractivity contribution in [1.29, 1.82) is 0 Å². The van der Waals surface area contributed by atoms with E-state index in [0.717, 1.165) is 24.2 Å². The van der Waals surface area contributed by atoms with Crippen LogP contribution in [0.1, 0.15) is 31.9 Å². The Morgan fingerprint density at radius 2 is 2.18 bits per heavy atom. The third-order valence-corrected chi connectivity index (χ3v) is 3.54. The molecular weight excluding hydrogens is 214 g/mol. The van der Waals surface area contributed by atoms with Crippen molar-refractivity contribution >= 4 is 11.6 Å². The second kappa shape index (κ2) is 4.15. The van der Waals surface area contributed by atoms with Gasteiger partial charge in [0.05, 0.1) is 6.61 Å². The summed E-state index contributed by atoms with van der Waals surface area (Å²) in [5.74, 6) is 0.0858. The van der Waals surface area contributed by atoms with Crippen molar-refractivity contribution in [2.75, 3.05) is 18.1 Å². The molecule has 0 aromatic heterocycles. The van der Waals surface area contributed by atoms with Crippen LogP contribution in [0, 0.1) is 0 Å². The van der Waals surface area contributed by atoms with E-state index in [9.17, 15) is 9.90 Å². The van der Waals surface area contributed by atoms with Crippen molar-refractivity contribution in [1.82, 2.24) is 0 Å². The molecule has 0 saturated heterocycles. The molecule has 17 heavy (non-hydrogen) atoms. The summed E-state index contributed by atoms with van der Waals surface area (Å²) in [4.78, 5) is 13.3. The van der Waals surface area contributed by atoms with Gasteiger partial charge in [-0.1, -0.05) is 26.0 Å². The van der Waals surface area contributed by atoms with Crippen LogP contribution in [0.2, 0.25) is 0 Å². The third-order valence-electron chi connectivity index (χ3n) is 3.54. The van der Waals surface area contributed by atoms with Crippen molar-refractivity contribution in [3.8, 4) is 0 Å². The molecule has 1 amide bonds. The Morgan fingerprint density at radius 3 is 2.76 bits per heavy atom. The molecule has 0 saturated carbocycles. The number of anilines is 1.